The molecule has 0 radical (unpaired) electrons. The molecule has 0 aromatic heterocycles. The van der Waals surface area contributed by atoms with E-state index in [2.05, 4.69) is 55.7 Å². The van der Waals surface area contributed by atoms with Crippen LogP contribution in [-0.2, 0) is 0 Å². The van der Waals surface area contributed by atoms with Crippen molar-refractivity contribution in [2.45, 2.75) is 19.8 Å². The maximum Gasteiger partial charge on any atom is 0.0143 e. The van der Waals surface area contributed by atoms with Crippen LogP contribution < -0.4 is 0 Å². The number of nitrogens with zero attached hydrogens (tertiary/aromatic N) is 1. The van der Waals surface area contributed by atoms with Crippen molar-refractivity contribution in [2.75, 3.05) is 19.6 Å². The van der Waals surface area contributed by atoms with Crippen molar-refractivity contribution in [3.8, 4) is 0 Å². The van der Waals surface area contributed by atoms with Gasteiger partial charge in [-0.05, 0) is 18.7 Å². The Hall–Kier alpha value is -1.08. The molecule has 1 unspecified atom stereocenters. The summed E-state index contributed by atoms with van der Waals surface area (Å²) >= 11 is 0. The molecule has 1 rings (SSSR count). The molecular weight excluding hydrogens is 182 g/mol. The molecule has 0 heterocycles. The summed E-state index contributed by atoms with van der Waals surface area (Å²) in [6.45, 7) is 11.6. The average molecular weight is 203 g/mol. The first-order valence-electron chi connectivity index (χ1n) is 5.71. The van der Waals surface area contributed by atoms with Crippen LogP contribution in [0.25, 0.3) is 0 Å². The lowest BCUT2D eigenvalue weighted by molar-refractivity contribution is 0.296. The maximum absolute atomic E-state index is 3.93. The van der Waals surface area contributed by atoms with E-state index in [-0.39, 0.29) is 0 Å². The van der Waals surface area contributed by atoms with Gasteiger partial charge in [-0.25, -0.2) is 0 Å². The number of hydrogen-bond donors (Lipinski definition) is 0. The van der Waals surface area contributed by atoms with Gasteiger partial charge in [-0.15, -0.1) is 6.58 Å². The van der Waals surface area contributed by atoms with Gasteiger partial charge in [0.1, 0.15) is 0 Å². The first-order chi connectivity index (χ1) is 7.31. The monoisotopic (exact) mass is 203 g/mol. The SMILES string of the molecule is C=CC(CN(CC)CC)c1ccccc1. The summed E-state index contributed by atoms with van der Waals surface area (Å²) < 4.78 is 0. The smallest absolute Gasteiger partial charge is 0.0143 e. The largest absolute Gasteiger partial charge is 0.303 e. The molecule has 15 heavy (non-hydrogen) atoms. The number of likely N-dealkylation sites (N-methyl/N-ethyl adjacent to an activating group) is 1. The predicted molar refractivity (Wildman–Crippen MR) is 67.2 cm³/mol. The van der Waals surface area contributed by atoms with E-state index in [1.165, 1.54) is 5.56 Å². The van der Waals surface area contributed by atoms with Crippen molar-refractivity contribution in [3.63, 3.8) is 0 Å². The van der Waals surface area contributed by atoms with E-state index in [9.17, 15) is 0 Å². The van der Waals surface area contributed by atoms with Crippen LogP contribution in [0.1, 0.15) is 25.3 Å². The number of benzene rings is 1. The standard InChI is InChI=1S/C14H21N/c1-4-13(12-15(5-2)6-3)14-10-8-7-9-11-14/h4,7-11,13H,1,5-6,12H2,2-3H3. The zero-order valence-electron chi connectivity index (χ0n) is 9.82. The Morgan fingerprint density at radius 3 is 2.27 bits per heavy atom. The third kappa shape index (κ3) is 3.52. The van der Waals surface area contributed by atoms with Crippen molar-refractivity contribution in [1.29, 1.82) is 0 Å². The molecule has 1 heteroatoms. The molecule has 0 saturated heterocycles. The van der Waals surface area contributed by atoms with Crippen LogP contribution in [0, 0.1) is 0 Å². The van der Waals surface area contributed by atoms with Gasteiger partial charge in [-0.2, -0.15) is 0 Å². The topological polar surface area (TPSA) is 3.24 Å². The molecule has 0 aliphatic carbocycles. The summed E-state index contributed by atoms with van der Waals surface area (Å²) in [5.74, 6) is 0.450. The fraction of sp³-hybridized carbons (Fsp3) is 0.429. The molecule has 0 N–H and O–H groups in total. The van der Waals surface area contributed by atoms with Gasteiger partial charge in [0.25, 0.3) is 0 Å². The minimum atomic E-state index is 0.450. The van der Waals surface area contributed by atoms with E-state index in [1.54, 1.807) is 0 Å². The highest BCUT2D eigenvalue weighted by Gasteiger charge is 2.10. The molecule has 0 amide bonds. The van der Waals surface area contributed by atoms with Crippen molar-refractivity contribution < 1.29 is 0 Å². The van der Waals surface area contributed by atoms with E-state index in [4.69, 9.17) is 0 Å². The molecule has 1 aromatic carbocycles. The van der Waals surface area contributed by atoms with E-state index >= 15 is 0 Å². The predicted octanol–water partition coefficient (Wildman–Crippen LogP) is 3.30. The first-order valence-corrected chi connectivity index (χ1v) is 5.71. The Balaban J connectivity index is 2.68. The minimum Gasteiger partial charge on any atom is -0.303 e. The minimum absolute atomic E-state index is 0.450. The van der Waals surface area contributed by atoms with Crippen LogP contribution >= 0.6 is 0 Å². The molecule has 0 aliphatic rings. The van der Waals surface area contributed by atoms with Gasteiger partial charge in [0.05, 0.1) is 0 Å². The molecule has 0 fully saturated rings. The van der Waals surface area contributed by atoms with E-state index in [1.807, 2.05) is 6.08 Å². The highest BCUT2D eigenvalue weighted by atomic mass is 15.1. The van der Waals surface area contributed by atoms with E-state index in [0.29, 0.717) is 5.92 Å². The zero-order chi connectivity index (χ0) is 11.1. The molecule has 0 bridgehead atoms. The molecule has 1 aromatic rings. The van der Waals surface area contributed by atoms with Gasteiger partial charge in [0, 0.05) is 12.5 Å². The molecule has 0 aliphatic heterocycles. The number of rotatable bonds is 6. The Kier molecular flexibility index (Phi) is 5.13. The molecular formula is C14H21N. The summed E-state index contributed by atoms with van der Waals surface area (Å²) in [6.07, 6.45) is 2.05. The van der Waals surface area contributed by atoms with Crippen LogP contribution in [0.4, 0.5) is 0 Å². The maximum atomic E-state index is 3.93. The van der Waals surface area contributed by atoms with Crippen LogP contribution in [0.15, 0.2) is 43.0 Å². The van der Waals surface area contributed by atoms with Crippen molar-refractivity contribution in [1.82, 2.24) is 4.90 Å². The lowest BCUT2D eigenvalue weighted by Gasteiger charge is -2.23. The van der Waals surface area contributed by atoms with Crippen molar-refractivity contribution in [3.05, 3.63) is 48.6 Å². The van der Waals surface area contributed by atoms with Gasteiger partial charge < -0.3 is 4.90 Å². The first kappa shape index (κ1) is 12.0. The fourth-order valence-corrected chi connectivity index (χ4v) is 1.78. The summed E-state index contributed by atoms with van der Waals surface area (Å²) in [5.41, 5.74) is 1.36. The highest BCUT2D eigenvalue weighted by Crippen LogP contribution is 2.17. The zero-order valence-corrected chi connectivity index (χ0v) is 9.82. The normalized spacial score (nSPS) is 12.7. The second-order valence-electron chi connectivity index (χ2n) is 3.74. The van der Waals surface area contributed by atoms with Crippen molar-refractivity contribution in [2.24, 2.45) is 0 Å². The quantitative estimate of drug-likeness (QED) is 0.641. The Morgan fingerprint density at radius 2 is 1.80 bits per heavy atom. The second kappa shape index (κ2) is 6.41. The Bertz CT molecular complexity index is 275. The highest BCUT2D eigenvalue weighted by molar-refractivity contribution is 5.23. The lowest BCUT2D eigenvalue weighted by Crippen LogP contribution is -2.27. The van der Waals surface area contributed by atoms with Crippen molar-refractivity contribution >= 4 is 0 Å². The van der Waals surface area contributed by atoms with E-state index in [0.717, 1.165) is 19.6 Å². The van der Waals surface area contributed by atoms with Crippen LogP contribution in [0.5, 0.6) is 0 Å². The molecule has 82 valence electrons. The molecule has 0 saturated carbocycles. The Labute approximate surface area is 93.4 Å². The second-order valence-corrected chi connectivity index (χ2v) is 3.74. The van der Waals surface area contributed by atoms with Gasteiger partial charge in [-0.1, -0.05) is 50.3 Å². The molecule has 1 nitrogen and oxygen atoms in total. The molecule has 0 spiro atoms. The van der Waals surface area contributed by atoms with Gasteiger partial charge >= 0.3 is 0 Å². The summed E-state index contributed by atoms with van der Waals surface area (Å²) in [4.78, 5) is 2.43. The number of hydrogen-bond acceptors (Lipinski definition) is 1. The third-order valence-electron chi connectivity index (χ3n) is 2.86. The lowest BCUT2D eigenvalue weighted by atomic mass is 9.99. The Morgan fingerprint density at radius 1 is 1.20 bits per heavy atom. The summed E-state index contributed by atoms with van der Waals surface area (Å²) in [6, 6.07) is 10.6. The van der Waals surface area contributed by atoms with Crippen LogP contribution in [-0.4, -0.2) is 24.5 Å². The fourth-order valence-electron chi connectivity index (χ4n) is 1.78. The average Bonchev–Trinajstić information content (AvgIpc) is 2.32. The van der Waals surface area contributed by atoms with Gasteiger partial charge in [0.2, 0.25) is 0 Å². The van der Waals surface area contributed by atoms with E-state index < -0.39 is 0 Å². The summed E-state index contributed by atoms with van der Waals surface area (Å²) in [7, 11) is 0. The van der Waals surface area contributed by atoms with Crippen LogP contribution in [0.2, 0.25) is 0 Å². The summed E-state index contributed by atoms with van der Waals surface area (Å²) in [5, 5.41) is 0. The van der Waals surface area contributed by atoms with Gasteiger partial charge in [-0.3, -0.25) is 0 Å². The van der Waals surface area contributed by atoms with Crippen LogP contribution in [0.3, 0.4) is 0 Å². The third-order valence-corrected chi connectivity index (χ3v) is 2.86. The molecule has 1 atom stereocenters. The van der Waals surface area contributed by atoms with Gasteiger partial charge in [0.15, 0.2) is 0 Å².